The highest BCUT2D eigenvalue weighted by molar-refractivity contribution is 6.17. The third kappa shape index (κ3) is 1.60. The van der Waals surface area contributed by atoms with Gasteiger partial charge in [0, 0.05) is 18.0 Å². The zero-order valence-electron chi connectivity index (χ0n) is 9.70. The van der Waals surface area contributed by atoms with Gasteiger partial charge in [-0.2, -0.15) is 0 Å². The molecule has 0 aromatic heterocycles. The summed E-state index contributed by atoms with van der Waals surface area (Å²) in [6.45, 7) is 8.43. The van der Waals surface area contributed by atoms with Gasteiger partial charge in [0.2, 0.25) is 0 Å². The van der Waals surface area contributed by atoms with Crippen molar-refractivity contribution < 1.29 is 0 Å². The van der Waals surface area contributed by atoms with Gasteiger partial charge in [-0.15, -0.1) is 0 Å². The maximum atomic E-state index is 4.44. The van der Waals surface area contributed by atoms with Crippen molar-refractivity contribution in [2.45, 2.75) is 33.4 Å². The number of rotatable bonds is 1. The zero-order valence-corrected chi connectivity index (χ0v) is 9.70. The molecule has 2 heteroatoms. The summed E-state index contributed by atoms with van der Waals surface area (Å²) in [4.78, 5) is 8.88. The second-order valence-electron chi connectivity index (χ2n) is 4.35. The van der Waals surface area contributed by atoms with E-state index in [0.29, 0.717) is 0 Å². The van der Waals surface area contributed by atoms with E-state index in [-0.39, 0.29) is 0 Å². The number of nitrogens with zero attached hydrogens (tertiary/aromatic N) is 2. The van der Waals surface area contributed by atoms with Gasteiger partial charge in [0.25, 0.3) is 0 Å². The van der Waals surface area contributed by atoms with Gasteiger partial charge in [0.15, 0.2) is 5.66 Å². The zero-order chi connectivity index (χ0) is 11.1. The fourth-order valence-corrected chi connectivity index (χ4v) is 2.45. The van der Waals surface area contributed by atoms with E-state index >= 15 is 0 Å². The molecule has 1 aromatic rings. The van der Waals surface area contributed by atoms with Crippen LogP contribution in [0.15, 0.2) is 22.1 Å². The first-order chi connectivity index (χ1) is 7.03. The van der Waals surface area contributed by atoms with Crippen LogP contribution in [-0.2, 0) is 5.66 Å². The van der Waals surface area contributed by atoms with Crippen molar-refractivity contribution in [1.29, 1.82) is 0 Å². The third-order valence-electron chi connectivity index (χ3n) is 2.87. The Morgan fingerprint density at radius 1 is 0.933 bits per heavy atom. The summed E-state index contributed by atoms with van der Waals surface area (Å²) >= 11 is 0. The second-order valence-corrected chi connectivity index (χ2v) is 4.35. The van der Waals surface area contributed by atoms with E-state index < -0.39 is 5.66 Å². The van der Waals surface area contributed by atoms with E-state index in [1.165, 1.54) is 22.3 Å². The Morgan fingerprint density at radius 3 is 1.87 bits per heavy atom. The van der Waals surface area contributed by atoms with Crippen molar-refractivity contribution in [2.75, 3.05) is 0 Å². The number of benzene rings is 1. The quantitative estimate of drug-likeness (QED) is 0.666. The van der Waals surface area contributed by atoms with Gasteiger partial charge in [-0.3, -0.25) is 9.98 Å². The van der Waals surface area contributed by atoms with Gasteiger partial charge in [-0.1, -0.05) is 17.7 Å². The number of aliphatic imine (C=N–C) groups is 2. The molecule has 2 rings (SSSR count). The van der Waals surface area contributed by atoms with Crippen LogP contribution in [0, 0.1) is 20.8 Å². The minimum atomic E-state index is -0.401. The van der Waals surface area contributed by atoms with E-state index in [0.717, 1.165) is 0 Å². The molecule has 0 amide bonds. The van der Waals surface area contributed by atoms with Crippen LogP contribution < -0.4 is 0 Å². The standard InChI is InChI=1S/C13H16N2/c1-9-7-10(2)12(11(3)8-9)13(4)14-5-6-15-13/h5-8H,1-4H3. The minimum Gasteiger partial charge on any atom is -0.258 e. The first kappa shape index (κ1) is 10.1. The summed E-state index contributed by atoms with van der Waals surface area (Å²) in [6, 6.07) is 4.38. The van der Waals surface area contributed by atoms with Gasteiger partial charge in [0.1, 0.15) is 0 Å². The average molecular weight is 200 g/mol. The lowest BCUT2D eigenvalue weighted by Crippen LogP contribution is -2.17. The first-order valence-corrected chi connectivity index (χ1v) is 5.20. The number of aryl methyl sites for hydroxylation is 3. The van der Waals surface area contributed by atoms with E-state index in [1.54, 1.807) is 12.4 Å². The van der Waals surface area contributed by atoms with Crippen LogP contribution >= 0.6 is 0 Å². The molecule has 1 heterocycles. The third-order valence-corrected chi connectivity index (χ3v) is 2.87. The fraction of sp³-hybridized carbons (Fsp3) is 0.385. The number of hydrogen-bond acceptors (Lipinski definition) is 2. The van der Waals surface area contributed by atoms with Gasteiger partial charge < -0.3 is 0 Å². The molecular formula is C13H16N2. The summed E-state index contributed by atoms with van der Waals surface area (Å²) in [7, 11) is 0. The Bertz CT molecular complexity index is 421. The van der Waals surface area contributed by atoms with Crippen LogP contribution in [0.4, 0.5) is 0 Å². The number of hydrogen-bond donors (Lipinski definition) is 0. The molecule has 0 saturated carbocycles. The molecular weight excluding hydrogens is 184 g/mol. The summed E-state index contributed by atoms with van der Waals surface area (Å²) in [5.41, 5.74) is 4.67. The molecule has 0 bridgehead atoms. The molecule has 0 radical (unpaired) electrons. The predicted molar refractivity (Wildman–Crippen MR) is 65.0 cm³/mol. The van der Waals surface area contributed by atoms with Gasteiger partial charge in [0.05, 0.1) is 0 Å². The van der Waals surface area contributed by atoms with Crippen LogP contribution in [0.25, 0.3) is 0 Å². The van der Waals surface area contributed by atoms with Crippen molar-refractivity contribution in [3.8, 4) is 0 Å². The molecule has 0 N–H and O–H groups in total. The van der Waals surface area contributed by atoms with E-state index in [4.69, 9.17) is 0 Å². The van der Waals surface area contributed by atoms with Crippen LogP contribution in [-0.4, -0.2) is 12.4 Å². The normalized spacial score (nSPS) is 17.3. The monoisotopic (exact) mass is 200 g/mol. The van der Waals surface area contributed by atoms with Crippen molar-refractivity contribution in [3.63, 3.8) is 0 Å². The first-order valence-electron chi connectivity index (χ1n) is 5.20. The van der Waals surface area contributed by atoms with Crippen molar-refractivity contribution in [2.24, 2.45) is 9.98 Å². The summed E-state index contributed by atoms with van der Waals surface area (Å²) in [5, 5.41) is 0. The molecule has 0 unspecified atom stereocenters. The lowest BCUT2D eigenvalue weighted by Gasteiger charge is -2.23. The summed E-state index contributed by atoms with van der Waals surface area (Å²) < 4.78 is 0. The lowest BCUT2D eigenvalue weighted by atomic mass is 9.91. The maximum Gasteiger partial charge on any atom is 0.173 e. The molecule has 0 spiro atoms. The van der Waals surface area contributed by atoms with E-state index in [2.05, 4.69) is 49.8 Å². The van der Waals surface area contributed by atoms with Gasteiger partial charge in [-0.05, 0) is 38.8 Å². The van der Waals surface area contributed by atoms with Crippen LogP contribution in [0.2, 0.25) is 0 Å². The molecule has 78 valence electrons. The van der Waals surface area contributed by atoms with Crippen LogP contribution in [0.3, 0.4) is 0 Å². The fourth-order valence-electron chi connectivity index (χ4n) is 2.45. The molecule has 0 saturated heterocycles. The minimum absolute atomic E-state index is 0.401. The Kier molecular flexibility index (Phi) is 2.22. The van der Waals surface area contributed by atoms with Crippen molar-refractivity contribution in [3.05, 3.63) is 34.4 Å². The van der Waals surface area contributed by atoms with E-state index in [1.807, 2.05) is 0 Å². The molecule has 1 aromatic carbocycles. The SMILES string of the molecule is Cc1cc(C)c(C2(C)N=CC=N2)c(C)c1. The molecule has 1 aliphatic heterocycles. The average Bonchev–Trinajstić information content (AvgIpc) is 2.50. The largest absolute Gasteiger partial charge is 0.258 e. The second kappa shape index (κ2) is 3.30. The molecule has 0 fully saturated rings. The van der Waals surface area contributed by atoms with Crippen molar-refractivity contribution >= 4 is 12.4 Å². The Balaban J connectivity index is 2.63. The topological polar surface area (TPSA) is 24.7 Å². The Morgan fingerprint density at radius 2 is 1.40 bits per heavy atom. The highest BCUT2D eigenvalue weighted by Crippen LogP contribution is 2.34. The highest BCUT2D eigenvalue weighted by atomic mass is 15.1. The molecule has 2 nitrogen and oxygen atoms in total. The maximum absolute atomic E-state index is 4.44. The Hall–Kier alpha value is -1.44. The predicted octanol–water partition coefficient (Wildman–Crippen LogP) is 2.94. The molecule has 0 atom stereocenters. The smallest absolute Gasteiger partial charge is 0.173 e. The Labute approximate surface area is 90.8 Å². The van der Waals surface area contributed by atoms with Crippen molar-refractivity contribution in [1.82, 2.24) is 0 Å². The molecule has 1 aliphatic rings. The lowest BCUT2D eigenvalue weighted by molar-refractivity contribution is 0.536. The van der Waals surface area contributed by atoms with Gasteiger partial charge in [-0.25, -0.2) is 0 Å². The summed E-state index contributed by atoms with van der Waals surface area (Å²) in [6.07, 6.45) is 3.55. The molecule has 15 heavy (non-hydrogen) atoms. The summed E-state index contributed by atoms with van der Waals surface area (Å²) in [5.74, 6) is 0. The highest BCUT2D eigenvalue weighted by Gasteiger charge is 2.28. The van der Waals surface area contributed by atoms with Gasteiger partial charge >= 0.3 is 0 Å². The molecule has 0 aliphatic carbocycles. The van der Waals surface area contributed by atoms with E-state index in [9.17, 15) is 0 Å². The van der Waals surface area contributed by atoms with Crippen LogP contribution in [0.5, 0.6) is 0 Å². The van der Waals surface area contributed by atoms with Crippen LogP contribution in [0.1, 0.15) is 29.2 Å².